The van der Waals surface area contributed by atoms with Crippen LogP contribution in [0.15, 0.2) is 23.1 Å². The van der Waals surface area contributed by atoms with Crippen molar-refractivity contribution in [2.45, 2.75) is 51.0 Å². The third kappa shape index (κ3) is 4.94. The fraction of sp³-hybridized carbons (Fsp3) is 0.588. The van der Waals surface area contributed by atoms with Crippen LogP contribution in [0.4, 0.5) is 5.69 Å². The summed E-state index contributed by atoms with van der Waals surface area (Å²) < 4.78 is 28.3. The van der Waals surface area contributed by atoms with Crippen LogP contribution in [-0.4, -0.2) is 33.0 Å². The Morgan fingerprint density at radius 1 is 1.40 bits per heavy atom. The summed E-state index contributed by atoms with van der Waals surface area (Å²) in [5, 5.41) is 0. The molecule has 1 atom stereocenters. The van der Waals surface area contributed by atoms with E-state index < -0.39 is 15.6 Å². The molecule has 0 radical (unpaired) electrons. The number of rotatable bonds is 6. The minimum absolute atomic E-state index is 0. The normalized spacial score (nSPS) is 16.3. The first-order chi connectivity index (χ1) is 11.1. The predicted octanol–water partition coefficient (Wildman–Crippen LogP) is 2.06. The molecule has 0 saturated heterocycles. The monoisotopic (exact) mass is 389 g/mol. The zero-order chi connectivity index (χ0) is 18.1. The summed E-state index contributed by atoms with van der Waals surface area (Å²) >= 11 is 0. The van der Waals surface area contributed by atoms with Gasteiger partial charge in [0, 0.05) is 31.2 Å². The molecule has 1 aliphatic rings. The first kappa shape index (κ1) is 21.9. The molecule has 1 aromatic carbocycles. The molecule has 1 amide bonds. The van der Waals surface area contributed by atoms with E-state index in [4.69, 9.17) is 5.73 Å². The number of nitrogens with one attached hydrogen (secondary N) is 1. The highest BCUT2D eigenvalue weighted by atomic mass is 35.5. The van der Waals surface area contributed by atoms with Crippen LogP contribution in [0.3, 0.4) is 0 Å². The molecule has 0 fully saturated rings. The summed E-state index contributed by atoms with van der Waals surface area (Å²) in [5.41, 5.74) is 6.79. The van der Waals surface area contributed by atoms with Crippen molar-refractivity contribution in [2.75, 3.05) is 18.0 Å². The van der Waals surface area contributed by atoms with Gasteiger partial charge in [0.05, 0.1) is 4.90 Å². The number of carbonyl (C=O) groups excluding carboxylic acids is 1. The second-order valence-corrected chi connectivity index (χ2v) is 8.86. The van der Waals surface area contributed by atoms with Crippen molar-refractivity contribution in [1.82, 2.24) is 4.72 Å². The molecule has 1 unspecified atom stereocenters. The second-order valence-electron chi connectivity index (χ2n) is 7.18. The molecule has 8 heteroatoms. The number of halogens is 1. The van der Waals surface area contributed by atoms with Gasteiger partial charge in [-0.2, -0.15) is 0 Å². The summed E-state index contributed by atoms with van der Waals surface area (Å²) in [7, 11) is -3.71. The van der Waals surface area contributed by atoms with Crippen LogP contribution in [0.25, 0.3) is 0 Å². The van der Waals surface area contributed by atoms with Gasteiger partial charge in [0.15, 0.2) is 0 Å². The highest BCUT2D eigenvalue weighted by Gasteiger charge is 2.31. The minimum atomic E-state index is -3.71. The zero-order valence-corrected chi connectivity index (χ0v) is 16.8. The molecule has 0 aliphatic carbocycles. The van der Waals surface area contributed by atoms with E-state index in [0.29, 0.717) is 24.6 Å². The van der Waals surface area contributed by atoms with Gasteiger partial charge in [-0.05, 0) is 43.4 Å². The van der Waals surface area contributed by atoms with Gasteiger partial charge in [0.2, 0.25) is 15.9 Å². The summed E-state index contributed by atoms with van der Waals surface area (Å²) in [6, 6.07) is 4.96. The van der Waals surface area contributed by atoms with E-state index in [-0.39, 0.29) is 29.8 Å². The van der Waals surface area contributed by atoms with Gasteiger partial charge in [-0.15, -0.1) is 12.4 Å². The Labute approximate surface area is 156 Å². The van der Waals surface area contributed by atoms with Crippen LogP contribution in [0.1, 0.15) is 39.7 Å². The lowest BCUT2D eigenvalue weighted by Crippen LogP contribution is -2.52. The van der Waals surface area contributed by atoms with Crippen molar-refractivity contribution in [1.29, 1.82) is 0 Å². The summed E-state index contributed by atoms with van der Waals surface area (Å²) in [6.07, 6.45) is 1.39. The van der Waals surface area contributed by atoms with E-state index in [1.807, 2.05) is 20.8 Å². The van der Waals surface area contributed by atoms with Gasteiger partial charge >= 0.3 is 0 Å². The highest BCUT2D eigenvalue weighted by molar-refractivity contribution is 7.89. The van der Waals surface area contributed by atoms with E-state index >= 15 is 0 Å². The number of sulfonamides is 1. The fourth-order valence-electron chi connectivity index (χ4n) is 3.30. The van der Waals surface area contributed by atoms with Crippen molar-refractivity contribution < 1.29 is 13.2 Å². The Hall–Kier alpha value is -1.15. The second kappa shape index (κ2) is 8.03. The lowest BCUT2D eigenvalue weighted by atomic mass is 9.92. The Morgan fingerprint density at radius 2 is 2.04 bits per heavy atom. The average molecular weight is 390 g/mol. The molecule has 3 N–H and O–H groups in total. The Balaban J connectivity index is 0.00000312. The number of carbonyl (C=O) groups is 1. The minimum Gasteiger partial charge on any atom is -0.329 e. The van der Waals surface area contributed by atoms with E-state index in [9.17, 15) is 13.2 Å². The molecule has 142 valence electrons. The maximum atomic E-state index is 12.8. The van der Waals surface area contributed by atoms with E-state index in [0.717, 1.165) is 12.0 Å². The van der Waals surface area contributed by atoms with Gasteiger partial charge in [-0.25, -0.2) is 13.1 Å². The Bertz CT molecular complexity index is 737. The lowest BCUT2D eigenvalue weighted by molar-refractivity contribution is -0.116. The molecule has 6 nitrogen and oxygen atoms in total. The molecule has 0 bridgehead atoms. The van der Waals surface area contributed by atoms with Gasteiger partial charge in [0.1, 0.15) is 0 Å². The fourth-order valence-corrected chi connectivity index (χ4v) is 4.75. The van der Waals surface area contributed by atoms with Crippen molar-refractivity contribution in [3.05, 3.63) is 23.8 Å². The van der Waals surface area contributed by atoms with E-state index in [2.05, 4.69) is 4.72 Å². The van der Waals surface area contributed by atoms with Crippen molar-refractivity contribution in [2.24, 2.45) is 11.7 Å². The summed E-state index contributed by atoms with van der Waals surface area (Å²) in [4.78, 5) is 13.5. The third-order valence-electron chi connectivity index (χ3n) is 4.33. The summed E-state index contributed by atoms with van der Waals surface area (Å²) in [6.45, 7) is 8.18. The zero-order valence-electron chi connectivity index (χ0n) is 15.2. The quantitative estimate of drug-likeness (QED) is 0.778. The van der Waals surface area contributed by atoms with Gasteiger partial charge < -0.3 is 10.6 Å². The first-order valence-corrected chi connectivity index (χ1v) is 9.71. The molecule has 1 heterocycles. The summed E-state index contributed by atoms with van der Waals surface area (Å²) in [5.74, 6) is 0.234. The molecular formula is C17H28ClN3O3S. The van der Waals surface area contributed by atoms with Crippen molar-refractivity contribution >= 4 is 34.0 Å². The van der Waals surface area contributed by atoms with Gasteiger partial charge in [-0.3, -0.25) is 4.79 Å². The average Bonchev–Trinajstić information content (AvgIpc) is 2.88. The molecule has 2 rings (SSSR count). The van der Waals surface area contributed by atoms with Crippen LogP contribution in [0.5, 0.6) is 0 Å². The third-order valence-corrected chi connectivity index (χ3v) is 5.97. The molecule has 0 spiro atoms. The van der Waals surface area contributed by atoms with Gasteiger partial charge in [-0.1, -0.05) is 19.9 Å². The van der Waals surface area contributed by atoms with Gasteiger partial charge in [0.25, 0.3) is 0 Å². The number of hydrogen-bond donors (Lipinski definition) is 2. The Kier molecular flexibility index (Phi) is 7.03. The largest absolute Gasteiger partial charge is 0.329 e. The van der Waals surface area contributed by atoms with Crippen molar-refractivity contribution in [3.63, 3.8) is 0 Å². The first-order valence-electron chi connectivity index (χ1n) is 8.23. The maximum Gasteiger partial charge on any atom is 0.241 e. The van der Waals surface area contributed by atoms with Crippen LogP contribution in [0.2, 0.25) is 0 Å². The standard InChI is InChI=1S/C17H27N3O3S.ClH/c1-12(2)10-17(4,11-18)19-24(22,23)15-6-5-14-7-8-20(13(3)21)16(14)9-15;/h5-6,9,12,19H,7-8,10-11,18H2,1-4H3;1H. The number of nitrogens with two attached hydrogens (primary N) is 1. The SMILES string of the molecule is CC(=O)N1CCc2ccc(S(=O)(=O)NC(C)(CN)CC(C)C)cc21.Cl. The predicted molar refractivity (Wildman–Crippen MR) is 103 cm³/mol. The van der Waals surface area contributed by atoms with Crippen LogP contribution >= 0.6 is 12.4 Å². The molecule has 25 heavy (non-hydrogen) atoms. The van der Waals surface area contributed by atoms with E-state index in [1.165, 1.54) is 6.92 Å². The maximum absolute atomic E-state index is 12.8. The molecule has 1 aromatic rings. The lowest BCUT2D eigenvalue weighted by Gasteiger charge is -2.31. The van der Waals surface area contributed by atoms with Crippen LogP contribution < -0.4 is 15.4 Å². The topological polar surface area (TPSA) is 92.5 Å². The smallest absolute Gasteiger partial charge is 0.241 e. The molecule has 1 aliphatic heterocycles. The van der Waals surface area contributed by atoms with Crippen LogP contribution in [-0.2, 0) is 21.2 Å². The van der Waals surface area contributed by atoms with E-state index in [1.54, 1.807) is 23.1 Å². The molecular weight excluding hydrogens is 362 g/mol. The molecule has 0 saturated carbocycles. The number of hydrogen-bond acceptors (Lipinski definition) is 4. The number of nitrogens with zero attached hydrogens (tertiary/aromatic N) is 1. The number of fused-ring (bicyclic) bond motifs is 1. The number of benzene rings is 1. The number of amides is 1. The van der Waals surface area contributed by atoms with Crippen molar-refractivity contribution in [3.8, 4) is 0 Å². The highest BCUT2D eigenvalue weighted by Crippen LogP contribution is 2.31. The number of anilines is 1. The Morgan fingerprint density at radius 3 is 2.56 bits per heavy atom. The van der Waals surface area contributed by atoms with Crippen LogP contribution in [0, 0.1) is 5.92 Å². The molecule has 0 aromatic heterocycles.